The number of nitrogens with one attached hydrogen (secondary N) is 1. The van der Waals surface area contributed by atoms with Crippen molar-refractivity contribution in [2.24, 2.45) is 0 Å². The molecule has 1 N–H and O–H groups in total. The van der Waals surface area contributed by atoms with E-state index in [0.29, 0.717) is 18.2 Å². The zero-order chi connectivity index (χ0) is 18.0. The van der Waals surface area contributed by atoms with Crippen molar-refractivity contribution >= 4 is 32.3 Å². The SMILES string of the molecule is COC(=O)c1sc(N2CCNCC2)nc1S(=O)(=O)c1ccc(C)cc1. The molecule has 1 aromatic heterocycles. The van der Waals surface area contributed by atoms with E-state index in [2.05, 4.69) is 10.3 Å². The van der Waals surface area contributed by atoms with Crippen molar-refractivity contribution in [2.75, 3.05) is 38.2 Å². The summed E-state index contributed by atoms with van der Waals surface area (Å²) in [6.45, 7) is 4.86. The largest absolute Gasteiger partial charge is 0.465 e. The molecule has 9 heteroatoms. The van der Waals surface area contributed by atoms with Crippen molar-refractivity contribution < 1.29 is 17.9 Å². The van der Waals surface area contributed by atoms with Gasteiger partial charge in [0, 0.05) is 26.2 Å². The van der Waals surface area contributed by atoms with Crippen LogP contribution in [0.5, 0.6) is 0 Å². The number of carbonyl (C=O) groups is 1. The molecule has 0 radical (unpaired) electrons. The zero-order valence-corrected chi connectivity index (χ0v) is 15.6. The van der Waals surface area contributed by atoms with Crippen molar-refractivity contribution in [1.82, 2.24) is 10.3 Å². The van der Waals surface area contributed by atoms with Crippen molar-refractivity contribution in [1.29, 1.82) is 0 Å². The molecule has 1 fully saturated rings. The van der Waals surface area contributed by atoms with Gasteiger partial charge in [0.15, 0.2) is 15.0 Å². The molecule has 0 saturated carbocycles. The molecule has 3 rings (SSSR count). The third-order valence-electron chi connectivity index (χ3n) is 3.93. The lowest BCUT2D eigenvalue weighted by Crippen LogP contribution is -2.43. The summed E-state index contributed by atoms with van der Waals surface area (Å²) < 4.78 is 30.7. The summed E-state index contributed by atoms with van der Waals surface area (Å²) in [5.41, 5.74) is 0.951. The summed E-state index contributed by atoms with van der Waals surface area (Å²) in [5, 5.41) is 3.51. The van der Waals surface area contributed by atoms with Gasteiger partial charge in [0.05, 0.1) is 12.0 Å². The maximum absolute atomic E-state index is 13.0. The average Bonchev–Trinajstić information content (AvgIpc) is 3.08. The van der Waals surface area contributed by atoms with E-state index in [1.54, 1.807) is 12.1 Å². The number of thiazole rings is 1. The molecule has 0 amide bonds. The number of sulfone groups is 1. The van der Waals surface area contributed by atoms with Gasteiger partial charge in [-0.3, -0.25) is 0 Å². The smallest absolute Gasteiger partial charge is 0.351 e. The van der Waals surface area contributed by atoms with Crippen molar-refractivity contribution in [2.45, 2.75) is 16.8 Å². The van der Waals surface area contributed by atoms with Crippen molar-refractivity contribution in [3.05, 3.63) is 34.7 Å². The molecule has 134 valence electrons. The Balaban J connectivity index is 2.08. The van der Waals surface area contributed by atoms with Crippen molar-refractivity contribution in [3.8, 4) is 0 Å². The van der Waals surface area contributed by atoms with Gasteiger partial charge in [-0.05, 0) is 19.1 Å². The number of benzene rings is 1. The highest BCUT2D eigenvalue weighted by Crippen LogP contribution is 2.33. The first-order chi connectivity index (χ1) is 11.9. The first-order valence-corrected chi connectivity index (χ1v) is 10.1. The third kappa shape index (κ3) is 3.53. The van der Waals surface area contributed by atoms with E-state index < -0.39 is 15.8 Å². The van der Waals surface area contributed by atoms with Gasteiger partial charge in [-0.25, -0.2) is 18.2 Å². The number of carbonyl (C=O) groups excluding carboxylic acids is 1. The van der Waals surface area contributed by atoms with Crippen LogP contribution in [0.4, 0.5) is 5.13 Å². The van der Waals surface area contributed by atoms with Crippen LogP contribution < -0.4 is 10.2 Å². The average molecular weight is 381 g/mol. The number of rotatable bonds is 4. The monoisotopic (exact) mass is 381 g/mol. The molecule has 7 nitrogen and oxygen atoms in total. The number of anilines is 1. The summed E-state index contributed by atoms with van der Waals surface area (Å²) in [5.74, 6) is -0.690. The van der Waals surface area contributed by atoms with Crippen LogP contribution in [0.25, 0.3) is 0 Å². The molecular formula is C16H19N3O4S2. The number of methoxy groups -OCH3 is 1. The molecule has 0 spiro atoms. The number of hydrogen-bond donors (Lipinski definition) is 1. The van der Waals surface area contributed by atoms with Gasteiger partial charge in [0.1, 0.15) is 0 Å². The van der Waals surface area contributed by atoms with Gasteiger partial charge < -0.3 is 15.0 Å². The van der Waals surface area contributed by atoms with Gasteiger partial charge in [-0.2, -0.15) is 0 Å². The van der Waals surface area contributed by atoms with Crippen LogP contribution in [-0.4, -0.2) is 52.7 Å². The molecule has 0 unspecified atom stereocenters. The second-order valence-corrected chi connectivity index (χ2v) is 8.52. The normalized spacial score (nSPS) is 15.2. The number of aromatic nitrogens is 1. The predicted molar refractivity (Wildman–Crippen MR) is 95.2 cm³/mol. The Hall–Kier alpha value is -1.97. The van der Waals surface area contributed by atoms with Gasteiger partial charge in [-0.15, -0.1) is 0 Å². The second kappa shape index (κ2) is 7.11. The van der Waals surface area contributed by atoms with Gasteiger partial charge in [0.25, 0.3) is 0 Å². The third-order valence-corrected chi connectivity index (χ3v) is 6.85. The molecular weight excluding hydrogens is 362 g/mol. The van der Waals surface area contributed by atoms with E-state index in [1.807, 2.05) is 11.8 Å². The summed E-state index contributed by atoms with van der Waals surface area (Å²) in [4.78, 5) is 18.5. The number of piperazine rings is 1. The maximum atomic E-state index is 13.0. The van der Waals surface area contributed by atoms with Gasteiger partial charge >= 0.3 is 5.97 Å². The molecule has 1 saturated heterocycles. The van der Waals surface area contributed by atoms with Gasteiger partial charge in [0.2, 0.25) is 9.84 Å². The molecule has 1 aliphatic rings. The van der Waals surface area contributed by atoms with Crippen LogP contribution >= 0.6 is 11.3 Å². The number of esters is 1. The van der Waals surface area contributed by atoms with Crippen LogP contribution in [0.15, 0.2) is 34.2 Å². The lowest BCUT2D eigenvalue weighted by Gasteiger charge is -2.26. The fraction of sp³-hybridized carbons (Fsp3) is 0.375. The Morgan fingerprint density at radius 2 is 1.88 bits per heavy atom. The van der Waals surface area contributed by atoms with E-state index in [1.165, 1.54) is 19.2 Å². The minimum absolute atomic E-state index is 0.0107. The number of ether oxygens (including phenoxy) is 1. The van der Waals surface area contributed by atoms with Gasteiger partial charge in [-0.1, -0.05) is 29.0 Å². The zero-order valence-electron chi connectivity index (χ0n) is 14.0. The second-order valence-electron chi connectivity index (χ2n) is 5.68. The Labute approximate surface area is 150 Å². The molecule has 2 heterocycles. The highest BCUT2D eigenvalue weighted by Gasteiger charge is 2.31. The van der Waals surface area contributed by atoms with E-state index in [0.717, 1.165) is 30.0 Å². The molecule has 25 heavy (non-hydrogen) atoms. The first kappa shape index (κ1) is 17.8. The lowest BCUT2D eigenvalue weighted by atomic mass is 10.2. The number of aryl methyl sites for hydroxylation is 1. The van der Waals surface area contributed by atoms with Crippen LogP contribution in [0.2, 0.25) is 0 Å². The molecule has 0 aliphatic carbocycles. The topological polar surface area (TPSA) is 88.6 Å². The molecule has 1 aromatic carbocycles. The lowest BCUT2D eigenvalue weighted by molar-refractivity contribution is 0.0601. The summed E-state index contributed by atoms with van der Waals surface area (Å²) in [6, 6.07) is 6.48. The molecule has 0 bridgehead atoms. The minimum atomic E-state index is -3.90. The summed E-state index contributed by atoms with van der Waals surface area (Å²) >= 11 is 1.06. The Morgan fingerprint density at radius 1 is 1.24 bits per heavy atom. The Morgan fingerprint density at radius 3 is 2.48 bits per heavy atom. The van der Waals surface area contributed by atoms with E-state index in [4.69, 9.17) is 4.74 Å². The fourth-order valence-corrected chi connectivity index (χ4v) is 5.21. The quantitative estimate of drug-likeness (QED) is 0.803. The first-order valence-electron chi connectivity index (χ1n) is 7.80. The van der Waals surface area contributed by atoms with Crippen molar-refractivity contribution in [3.63, 3.8) is 0 Å². The van der Waals surface area contributed by atoms with Crippen LogP contribution in [-0.2, 0) is 14.6 Å². The van der Waals surface area contributed by atoms with E-state index in [9.17, 15) is 13.2 Å². The highest BCUT2D eigenvalue weighted by molar-refractivity contribution is 7.91. The van der Waals surface area contributed by atoms with Crippen LogP contribution in [0.1, 0.15) is 15.2 Å². The minimum Gasteiger partial charge on any atom is -0.465 e. The predicted octanol–water partition coefficient (Wildman–Crippen LogP) is 1.48. The standard InChI is InChI=1S/C16H19N3O4S2/c1-11-3-5-12(6-4-11)25(21,22)14-13(15(20)23-2)24-16(18-14)19-9-7-17-8-10-19/h3-6,17H,7-10H2,1-2H3. The number of nitrogens with zero attached hydrogens (tertiary/aromatic N) is 2. The van der Waals surface area contributed by atoms with Crippen LogP contribution in [0.3, 0.4) is 0 Å². The highest BCUT2D eigenvalue weighted by atomic mass is 32.2. The summed E-state index contributed by atoms with van der Waals surface area (Å²) in [7, 11) is -2.67. The Bertz CT molecular complexity index is 869. The maximum Gasteiger partial charge on any atom is 0.351 e. The summed E-state index contributed by atoms with van der Waals surface area (Å²) in [6.07, 6.45) is 0. The molecule has 0 atom stereocenters. The van der Waals surface area contributed by atoms with Crippen LogP contribution in [0, 0.1) is 6.92 Å². The fourth-order valence-electron chi connectivity index (χ4n) is 2.52. The van der Waals surface area contributed by atoms with E-state index in [-0.39, 0.29) is 14.8 Å². The number of hydrogen-bond acceptors (Lipinski definition) is 8. The Kier molecular flexibility index (Phi) is 5.07. The molecule has 2 aromatic rings. The molecule has 1 aliphatic heterocycles. The van der Waals surface area contributed by atoms with E-state index >= 15 is 0 Å².